The summed E-state index contributed by atoms with van der Waals surface area (Å²) in [6, 6.07) is 16.4. The highest BCUT2D eigenvalue weighted by Gasteiger charge is 2.45. The number of nitrogens with zero attached hydrogens (tertiary/aromatic N) is 4. The number of rotatable bonds is 7. The highest BCUT2D eigenvalue weighted by atomic mass is 32.2. The zero-order chi connectivity index (χ0) is 30.9. The summed E-state index contributed by atoms with van der Waals surface area (Å²) in [5.74, 6) is -1.14. The fourth-order valence-corrected chi connectivity index (χ4v) is 7.05. The second-order valence-electron chi connectivity index (χ2n) is 11.1. The lowest BCUT2D eigenvalue weighted by Gasteiger charge is -2.42. The number of nitrogens with one attached hydrogen (secondary N) is 1. The summed E-state index contributed by atoms with van der Waals surface area (Å²) in [5, 5.41) is 22.3. The molecule has 10 nitrogen and oxygen atoms in total. The van der Waals surface area contributed by atoms with Crippen LogP contribution in [0, 0.1) is 23.7 Å². The van der Waals surface area contributed by atoms with Crippen molar-refractivity contribution in [2.45, 2.75) is 43.9 Å². The average molecular weight is 615 g/mol. The number of anilines is 2. The van der Waals surface area contributed by atoms with Gasteiger partial charge in [0.2, 0.25) is 11.0 Å². The maximum atomic E-state index is 13.7. The number of hydrogen-bond donors (Lipinski definition) is 2. The summed E-state index contributed by atoms with van der Waals surface area (Å²) < 4.78 is 5.35. The summed E-state index contributed by atoms with van der Waals surface area (Å²) in [4.78, 5) is 40.0. The minimum absolute atomic E-state index is 0.0782. The number of aryl methyl sites for hydroxylation is 1. The molecule has 1 atom stereocenters. The molecule has 0 radical (unpaired) electrons. The fraction of sp³-hybridized carbons (Fsp3) is 0.290. The van der Waals surface area contributed by atoms with Crippen LogP contribution in [0.2, 0.25) is 0 Å². The number of para-hydroxylation sites is 1. The lowest BCUT2D eigenvalue weighted by atomic mass is 9.68. The first kappa shape index (κ1) is 30.0. The number of carbonyl (C=O) groups excluding carboxylic acids is 3. The van der Waals surface area contributed by atoms with Crippen LogP contribution in [0.25, 0.3) is 0 Å². The van der Waals surface area contributed by atoms with Gasteiger partial charge in [0.25, 0.3) is 0 Å². The van der Waals surface area contributed by atoms with Crippen molar-refractivity contribution in [1.29, 1.82) is 5.26 Å². The van der Waals surface area contributed by atoms with Gasteiger partial charge >= 0.3 is 5.97 Å². The van der Waals surface area contributed by atoms with Crippen LogP contribution in [-0.2, 0) is 14.3 Å². The van der Waals surface area contributed by atoms with Crippen molar-refractivity contribution >= 4 is 51.6 Å². The van der Waals surface area contributed by atoms with E-state index in [0.29, 0.717) is 44.7 Å². The van der Waals surface area contributed by atoms with Crippen molar-refractivity contribution in [2.75, 3.05) is 23.1 Å². The number of allylic oxidation sites excluding steroid dienone is 3. The van der Waals surface area contributed by atoms with E-state index < -0.39 is 11.9 Å². The van der Waals surface area contributed by atoms with E-state index in [-0.39, 0.29) is 34.3 Å². The Bertz CT molecular complexity index is 1720. The van der Waals surface area contributed by atoms with E-state index in [0.717, 1.165) is 11.3 Å². The molecule has 3 N–H and O–H groups in total. The van der Waals surface area contributed by atoms with Gasteiger partial charge in [-0.3, -0.25) is 14.5 Å². The van der Waals surface area contributed by atoms with Crippen LogP contribution < -0.4 is 16.0 Å². The summed E-state index contributed by atoms with van der Waals surface area (Å²) in [5.41, 5.74) is 10.4. The van der Waals surface area contributed by atoms with Gasteiger partial charge in [-0.25, -0.2) is 4.79 Å². The molecule has 220 valence electrons. The monoisotopic (exact) mass is 614 g/mol. The Morgan fingerprint density at radius 2 is 1.91 bits per heavy atom. The van der Waals surface area contributed by atoms with Gasteiger partial charge in [-0.1, -0.05) is 67.3 Å². The number of thioether (sulfide) groups is 1. The van der Waals surface area contributed by atoms with Gasteiger partial charge in [-0.2, -0.15) is 5.26 Å². The lowest BCUT2D eigenvalue weighted by molar-refractivity contribution is -0.118. The largest absolute Gasteiger partial charge is 0.465 e. The Morgan fingerprint density at radius 1 is 1.19 bits per heavy atom. The smallest absolute Gasteiger partial charge is 0.337 e. The van der Waals surface area contributed by atoms with Crippen LogP contribution >= 0.6 is 23.1 Å². The third kappa shape index (κ3) is 6.04. The number of Topliss-reactive ketones (excluding diaryl/α,β-unsaturated/α-hetero) is 1. The molecule has 1 unspecified atom stereocenters. The van der Waals surface area contributed by atoms with Crippen molar-refractivity contribution in [1.82, 2.24) is 10.2 Å². The zero-order valence-corrected chi connectivity index (χ0v) is 25.8. The predicted octanol–water partition coefficient (Wildman–Crippen LogP) is 5.30. The summed E-state index contributed by atoms with van der Waals surface area (Å²) >= 11 is 2.48. The molecule has 0 fully saturated rings. The third-order valence-corrected chi connectivity index (χ3v) is 9.42. The molecule has 1 aliphatic carbocycles. The first-order chi connectivity index (χ1) is 20.5. The van der Waals surface area contributed by atoms with Gasteiger partial charge in [0, 0.05) is 23.4 Å². The quantitative estimate of drug-likeness (QED) is 0.265. The topological polar surface area (TPSA) is 151 Å². The molecule has 5 rings (SSSR count). The molecule has 0 spiro atoms. The van der Waals surface area contributed by atoms with Gasteiger partial charge in [0.05, 0.1) is 36.0 Å². The maximum Gasteiger partial charge on any atom is 0.337 e. The van der Waals surface area contributed by atoms with Crippen LogP contribution in [-0.4, -0.2) is 40.7 Å². The number of aromatic nitrogens is 2. The highest BCUT2D eigenvalue weighted by molar-refractivity contribution is 8.01. The minimum Gasteiger partial charge on any atom is -0.465 e. The van der Waals surface area contributed by atoms with Crippen molar-refractivity contribution in [3.8, 4) is 6.07 Å². The number of ketones is 1. The molecule has 43 heavy (non-hydrogen) atoms. The zero-order valence-electron chi connectivity index (χ0n) is 24.1. The minimum atomic E-state index is -0.696. The van der Waals surface area contributed by atoms with E-state index in [1.54, 1.807) is 29.2 Å². The van der Waals surface area contributed by atoms with Gasteiger partial charge < -0.3 is 15.8 Å². The van der Waals surface area contributed by atoms with E-state index >= 15 is 0 Å². The Morgan fingerprint density at radius 3 is 2.58 bits per heavy atom. The number of benzene rings is 2. The normalized spacial score (nSPS) is 17.8. The Labute approximate surface area is 257 Å². The number of esters is 1. The van der Waals surface area contributed by atoms with Crippen LogP contribution in [0.4, 0.5) is 10.8 Å². The molecule has 1 amide bonds. The molecular weight excluding hydrogens is 585 g/mol. The molecule has 1 aromatic heterocycles. The van der Waals surface area contributed by atoms with Crippen molar-refractivity contribution < 1.29 is 19.1 Å². The summed E-state index contributed by atoms with van der Waals surface area (Å²) in [6.45, 7) is 5.95. The number of methoxy groups -OCH3 is 1. The Hall–Kier alpha value is -4.47. The summed E-state index contributed by atoms with van der Waals surface area (Å²) in [7, 11) is 1.31. The molecule has 0 saturated heterocycles. The number of nitriles is 1. The molecule has 12 heteroatoms. The fourth-order valence-electron chi connectivity index (χ4n) is 5.37. The number of ether oxygens (including phenoxy) is 1. The molecule has 3 aromatic rings. The molecule has 2 aromatic carbocycles. The molecule has 0 bridgehead atoms. The Balaban J connectivity index is 1.47. The number of carbonyl (C=O) groups is 3. The molecule has 2 heterocycles. The lowest BCUT2D eigenvalue weighted by Crippen LogP contribution is -2.42. The number of hydrogen-bond acceptors (Lipinski definition) is 11. The standard InChI is InChI=1S/C31H30N6O4S2/c1-17-7-5-6-8-21(17)34-24(39)16-42-30-36-35-29(43-30)37-22-13-31(2,3)14-23(38)26(22)25(20(15-32)27(37)33)18-9-11-19(12-10-18)28(40)41-4/h5-12,25H,13-14,16,33H2,1-4H3,(H,34,39). The van der Waals surface area contributed by atoms with Gasteiger partial charge in [0.1, 0.15) is 5.82 Å². The van der Waals surface area contributed by atoms with E-state index in [9.17, 15) is 19.6 Å². The van der Waals surface area contributed by atoms with Crippen LogP contribution in [0.15, 0.2) is 75.5 Å². The number of amides is 1. The molecule has 2 aliphatic rings. The van der Waals surface area contributed by atoms with E-state index in [1.807, 2.05) is 45.0 Å². The van der Waals surface area contributed by atoms with Crippen LogP contribution in [0.1, 0.15) is 54.1 Å². The predicted molar refractivity (Wildman–Crippen MR) is 165 cm³/mol. The van der Waals surface area contributed by atoms with Crippen LogP contribution in [0.3, 0.4) is 0 Å². The molecule has 1 aliphatic heterocycles. The maximum absolute atomic E-state index is 13.7. The molecule has 0 saturated carbocycles. The van der Waals surface area contributed by atoms with Gasteiger partial charge in [-0.05, 0) is 48.1 Å². The van der Waals surface area contributed by atoms with E-state index in [1.165, 1.54) is 30.2 Å². The molecular formula is C31H30N6O4S2. The van der Waals surface area contributed by atoms with Crippen molar-refractivity contribution in [3.05, 3.63) is 87.9 Å². The second kappa shape index (κ2) is 12.0. The van der Waals surface area contributed by atoms with Gasteiger partial charge in [-0.15, -0.1) is 10.2 Å². The first-order valence-corrected chi connectivity index (χ1v) is 15.3. The summed E-state index contributed by atoms with van der Waals surface area (Å²) in [6.07, 6.45) is 0.827. The third-order valence-electron chi connectivity index (χ3n) is 7.38. The Kier molecular flexibility index (Phi) is 8.39. The first-order valence-electron chi connectivity index (χ1n) is 13.5. The van der Waals surface area contributed by atoms with Crippen LogP contribution in [0.5, 0.6) is 0 Å². The average Bonchev–Trinajstić information content (AvgIpc) is 3.44. The second-order valence-corrected chi connectivity index (χ2v) is 13.3. The number of nitrogens with two attached hydrogens (primary N) is 1. The SMILES string of the molecule is COC(=O)c1ccc(C2C(C#N)=C(N)N(c3nnc(SCC(=O)Nc4ccccc4C)s3)C3=C2C(=O)CC(C)(C)C3)cc1. The van der Waals surface area contributed by atoms with E-state index in [4.69, 9.17) is 10.5 Å². The van der Waals surface area contributed by atoms with Gasteiger partial charge in [0.15, 0.2) is 10.1 Å². The highest BCUT2D eigenvalue weighted by Crippen LogP contribution is 2.50. The van der Waals surface area contributed by atoms with E-state index in [2.05, 4.69) is 21.6 Å². The van der Waals surface area contributed by atoms with Crippen molar-refractivity contribution in [3.63, 3.8) is 0 Å². The van der Waals surface area contributed by atoms with Crippen molar-refractivity contribution in [2.24, 2.45) is 11.1 Å².